The molecule has 2 heterocycles. The summed E-state index contributed by atoms with van der Waals surface area (Å²) in [5.74, 6) is 2.16. The summed E-state index contributed by atoms with van der Waals surface area (Å²) < 4.78 is 30.3. The maximum absolute atomic E-state index is 13.4. The number of ether oxygens (including phenoxy) is 2. The molecule has 0 spiro atoms. The minimum atomic E-state index is -0.311. The quantitative estimate of drug-likeness (QED) is 0.272. The van der Waals surface area contributed by atoms with Crippen molar-refractivity contribution >= 4 is 28.7 Å². The molecule has 0 fully saturated rings. The predicted octanol–water partition coefficient (Wildman–Crippen LogP) is 6.17. The molecule has 0 atom stereocenters. The zero-order valence-electron chi connectivity index (χ0n) is 18.7. The Balaban J connectivity index is 1.40. The molecule has 0 amide bonds. The van der Waals surface area contributed by atoms with Gasteiger partial charge < -0.3 is 19.2 Å². The number of benzene rings is 3. The largest absolute Gasteiger partial charge is 0.493 e. The average Bonchev–Trinajstić information content (AvgIpc) is 3.37. The third kappa shape index (κ3) is 4.81. The molecule has 174 valence electrons. The van der Waals surface area contributed by atoms with E-state index in [0.717, 1.165) is 22.2 Å². The molecule has 35 heavy (non-hydrogen) atoms. The Labute approximate surface area is 200 Å². The zero-order chi connectivity index (χ0) is 24.2. The summed E-state index contributed by atoms with van der Waals surface area (Å²) >= 11 is 0. The number of carbonyl (C=O) groups is 1. The number of carbonyl (C=O) groups excluding carboxylic acids is 1. The van der Waals surface area contributed by atoms with E-state index in [1.165, 1.54) is 18.5 Å². The van der Waals surface area contributed by atoms with Crippen LogP contribution >= 0.6 is 0 Å². The van der Waals surface area contributed by atoms with Crippen molar-refractivity contribution in [1.29, 1.82) is 0 Å². The van der Waals surface area contributed by atoms with E-state index in [2.05, 4.69) is 15.3 Å². The predicted molar refractivity (Wildman–Crippen MR) is 130 cm³/mol. The lowest BCUT2D eigenvalue weighted by Crippen LogP contribution is -2.00. The van der Waals surface area contributed by atoms with E-state index in [9.17, 15) is 9.18 Å². The number of nitrogens with one attached hydrogen (secondary N) is 1. The fourth-order valence-corrected chi connectivity index (χ4v) is 3.67. The van der Waals surface area contributed by atoms with Crippen LogP contribution in [0.15, 0.2) is 83.5 Å². The second-order valence-electron chi connectivity index (χ2n) is 7.68. The molecule has 3 aromatic carbocycles. The van der Waals surface area contributed by atoms with Crippen LogP contribution in [-0.4, -0.2) is 23.4 Å². The van der Waals surface area contributed by atoms with Gasteiger partial charge >= 0.3 is 0 Å². The van der Waals surface area contributed by atoms with Crippen LogP contribution in [0.4, 0.5) is 15.9 Å². The van der Waals surface area contributed by atoms with Crippen LogP contribution < -0.4 is 14.8 Å². The molecule has 7 nitrogen and oxygen atoms in total. The van der Waals surface area contributed by atoms with Gasteiger partial charge in [-0.05, 0) is 60.2 Å². The standard InChI is InChI=1S/C27H20FN3O4/c1-33-26-13-20(6-9-25(26)34-15-17-3-2-4-19(28)11-17)31-27-22-12-18(5-8-23(22)29-16-30-27)24-10-7-21(14-32)35-24/h2-14,16H,15H2,1H3,(H,29,30,31). The van der Waals surface area contributed by atoms with Gasteiger partial charge in [-0.1, -0.05) is 12.1 Å². The maximum atomic E-state index is 13.4. The highest BCUT2D eigenvalue weighted by Crippen LogP contribution is 2.34. The van der Waals surface area contributed by atoms with Gasteiger partial charge in [0.25, 0.3) is 0 Å². The molecule has 2 aromatic heterocycles. The number of aldehydes is 1. The summed E-state index contributed by atoms with van der Waals surface area (Å²) in [5.41, 5.74) is 2.98. The van der Waals surface area contributed by atoms with Crippen LogP contribution in [0.1, 0.15) is 16.1 Å². The number of fused-ring (bicyclic) bond motifs is 1. The van der Waals surface area contributed by atoms with Crippen LogP contribution in [0.3, 0.4) is 0 Å². The molecule has 0 aliphatic heterocycles. The topological polar surface area (TPSA) is 86.5 Å². The highest BCUT2D eigenvalue weighted by Gasteiger charge is 2.12. The van der Waals surface area contributed by atoms with E-state index in [-0.39, 0.29) is 18.2 Å². The Morgan fingerprint density at radius 1 is 1.00 bits per heavy atom. The molecule has 0 radical (unpaired) electrons. The van der Waals surface area contributed by atoms with Crippen LogP contribution in [0.25, 0.3) is 22.2 Å². The molecule has 0 saturated heterocycles. The minimum absolute atomic E-state index is 0.207. The zero-order valence-corrected chi connectivity index (χ0v) is 18.7. The summed E-state index contributed by atoms with van der Waals surface area (Å²) in [6.45, 7) is 0.207. The van der Waals surface area contributed by atoms with Crippen molar-refractivity contribution in [1.82, 2.24) is 9.97 Å². The third-order valence-corrected chi connectivity index (χ3v) is 5.37. The first-order valence-electron chi connectivity index (χ1n) is 10.8. The van der Waals surface area contributed by atoms with Crippen LogP contribution in [0, 0.1) is 5.82 Å². The summed E-state index contributed by atoms with van der Waals surface area (Å²) in [6, 6.07) is 20.7. The van der Waals surface area contributed by atoms with E-state index < -0.39 is 0 Å². The molecule has 0 bridgehead atoms. The highest BCUT2D eigenvalue weighted by molar-refractivity contribution is 5.93. The first-order chi connectivity index (χ1) is 17.1. The second kappa shape index (κ2) is 9.64. The first kappa shape index (κ1) is 22.1. The number of nitrogens with zero attached hydrogens (tertiary/aromatic N) is 2. The van der Waals surface area contributed by atoms with Crippen LogP contribution in [-0.2, 0) is 6.61 Å². The number of anilines is 2. The van der Waals surface area contributed by atoms with Gasteiger partial charge in [-0.3, -0.25) is 4.79 Å². The van der Waals surface area contributed by atoms with Gasteiger partial charge in [-0.25, -0.2) is 14.4 Å². The van der Waals surface area contributed by atoms with Crippen molar-refractivity contribution in [3.8, 4) is 22.8 Å². The fourth-order valence-electron chi connectivity index (χ4n) is 3.67. The third-order valence-electron chi connectivity index (χ3n) is 5.37. The number of halogens is 1. The lowest BCUT2D eigenvalue weighted by Gasteiger charge is -2.14. The molecular weight excluding hydrogens is 449 g/mol. The number of hydrogen-bond acceptors (Lipinski definition) is 7. The number of hydrogen-bond donors (Lipinski definition) is 1. The Morgan fingerprint density at radius 3 is 2.71 bits per heavy atom. The van der Waals surface area contributed by atoms with E-state index in [4.69, 9.17) is 13.9 Å². The summed E-state index contributed by atoms with van der Waals surface area (Å²) in [5, 5.41) is 4.08. The molecule has 5 rings (SSSR count). The van der Waals surface area contributed by atoms with Crippen molar-refractivity contribution < 1.29 is 23.1 Å². The fraction of sp³-hybridized carbons (Fsp3) is 0.0741. The molecule has 0 aliphatic carbocycles. The Kier molecular flexibility index (Phi) is 6.09. The summed E-state index contributed by atoms with van der Waals surface area (Å²) in [7, 11) is 1.55. The van der Waals surface area contributed by atoms with Crippen molar-refractivity contribution in [2.24, 2.45) is 0 Å². The van der Waals surface area contributed by atoms with Gasteiger partial charge in [0.1, 0.15) is 30.3 Å². The molecule has 0 aliphatic rings. The molecule has 1 N–H and O–H groups in total. The normalized spacial score (nSPS) is 10.8. The first-order valence-corrected chi connectivity index (χ1v) is 10.8. The van der Waals surface area contributed by atoms with E-state index in [0.29, 0.717) is 34.9 Å². The van der Waals surface area contributed by atoms with Crippen LogP contribution in [0.5, 0.6) is 11.5 Å². The van der Waals surface area contributed by atoms with E-state index >= 15 is 0 Å². The van der Waals surface area contributed by atoms with Gasteiger partial charge in [0.05, 0.1) is 12.6 Å². The SMILES string of the molecule is COc1cc(Nc2ncnc3ccc(-c4ccc(C=O)o4)cc23)ccc1OCc1cccc(F)c1. The Bertz CT molecular complexity index is 1520. The summed E-state index contributed by atoms with van der Waals surface area (Å²) in [4.78, 5) is 19.7. The molecule has 8 heteroatoms. The Morgan fingerprint density at radius 2 is 1.91 bits per heavy atom. The number of rotatable bonds is 8. The van der Waals surface area contributed by atoms with E-state index in [1.54, 1.807) is 43.5 Å². The molecule has 5 aromatic rings. The van der Waals surface area contributed by atoms with Gasteiger partial charge in [-0.2, -0.15) is 0 Å². The van der Waals surface area contributed by atoms with Crippen molar-refractivity contribution in [3.63, 3.8) is 0 Å². The number of furan rings is 1. The van der Waals surface area contributed by atoms with Crippen molar-refractivity contribution in [2.45, 2.75) is 6.61 Å². The average molecular weight is 469 g/mol. The molecular formula is C27H20FN3O4. The molecule has 0 saturated carbocycles. The molecule has 0 unspecified atom stereocenters. The van der Waals surface area contributed by atoms with Gasteiger partial charge in [0, 0.05) is 22.7 Å². The van der Waals surface area contributed by atoms with Crippen LogP contribution in [0.2, 0.25) is 0 Å². The summed E-state index contributed by atoms with van der Waals surface area (Å²) in [6.07, 6.45) is 2.15. The smallest absolute Gasteiger partial charge is 0.185 e. The van der Waals surface area contributed by atoms with E-state index in [1.807, 2.05) is 24.3 Å². The lowest BCUT2D eigenvalue weighted by molar-refractivity contribution is 0.110. The van der Waals surface area contributed by atoms with Gasteiger partial charge in [0.15, 0.2) is 23.5 Å². The minimum Gasteiger partial charge on any atom is -0.493 e. The number of aromatic nitrogens is 2. The van der Waals surface area contributed by atoms with Crippen molar-refractivity contribution in [2.75, 3.05) is 12.4 Å². The number of methoxy groups -OCH3 is 1. The van der Waals surface area contributed by atoms with Gasteiger partial charge in [-0.15, -0.1) is 0 Å². The Hall–Kier alpha value is -4.72. The monoisotopic (exact) mass is 469 g/mol. The maximum Gasteiger partial charge on any atom is 0.185 e. The van der Waals surface area contributed by atoms with Gasteiger partial charge in [0.2, 0.25) is 0 Å². The van der Waals surface area contributed by atoms with Crippen molar-refractivity contribution in [3.05, 3.63) is 96.3 Å². The lowest BCUT2D eigenvalue weighted by atomic mass is 10.1. The second-order valence-corrected chi connectivity index (χ2v) is 7.68. The highest BCUT2D eigenvalue weighted by atomic mass is 19.1.